The molecule has 0 aromatic rings. The minimum Gasteiger partial charge on any atom is -0.462 e. The van der Waals surface area contributed by atoms with Gasteiger partial charge in [-0.3, -0.25) is 18.6 Å². The lowest BCUT2D eigenvalue weighted by Gasteiger charge is -2.20. The first-order valence-electron chi connectivity index (χ1n) is 21.3. The van der Waals surface area contributed by atoms with Gasteiger partial charge in [-0.2, -0.15) is 0 Å². The summed E-state index contributed by atoms with van der Waals surface area (Å²) in [6.07, 6.45) is 37.3. The lowest BCUT2D eigenvalue weighted by molar-refractivity contribution is -0.161. The predicted molar refractivity (Wildman–Crippen MR) is 215 cm³/mol. The molecule has 0 fully saturated rings. The summed E-state index contributed by atoms with van der Waals surface area (Å²) in [6.45, 7) is 2.33. The van der Waals surface area contributed by atoms with Gasteiger partial charge in [0.15, 0.2) is 6.10 Å². The van der Waals surface area contributed by atoms with Crippen LogP contribution < -0.4 is 0 Å². The summed E-state index contributed by atoms with van der Waals surface area (Å²) in [5.74, 6) is -0.995. The largest absolute Gasteiger partial charge is 0.472 e. The molecule has 0 aromatic heterocycles. The highest BCUT2D eigenvalue weighted by Crippen LogP contribution is 2.43. The van der Waals surface area contributed by atoms with Gasteiger partial charge in [0.05, 0.1) is 19.8 Å². The van der Waals surface area contributed by atoms with Gasteiger partial charge in [-0.1, -0.05) is 154 Å². The minimum absolute atomic E-state index is 0.1000. The van der Waals surface area contributed by atoms with Gasteiger partial charge in [0.2, 0.25) is 0 Å². The van der Waals surface area contributed by atoms with Crippen molar-refractivity contribution in [2.75, 3.05) is 26.4 Å². The minimum atomic E-state index is -4.62. The molecule has 53 heavy (non-hydrogen) atoms. The van der Waals surface area contributed by atoms with Crippen molar-refractivity contribution in [2.24, 2.45) is 0 Å². The van der Waals surface area contributed by atoms with E-state index < -0.39 is 51.8 Å². The van der Waals surface area contributed by atoms with Crippen molar-refractivity contribution < 1.29 is 47.8 Å². The van der Waals surface area contributed by atoms with Crippen LogP contribution in [0, 0.1) is 0 Å². The molecule has 0 aliphatic heterocycles. The molecule has 0 amide bonds. The number of phosphoric acid groups is 1. The first-order chi connectivity index (χ1) is 25.7. The highest BCUT2D eigenvalue weighted by Gasteiger charge is 2.27. The van der Waals surface area contributed by atoms with E-state index in [1.807, 2.05) is 6.08 Å². The van der Waals surface area contributed by atoms with Crippen LogP contribution in [0.15, 0.2) is 24.3 Å². The first-order valence-corrected chi connectivity index (χ1v) is 22.8. The molecule has 0 radical (unpaired) electrons. The molecule has 312 valence electrons. The fourth-order valence-electron chi connectivity index (χ4n) is 5.77. The summed E-state index contributed by atoms with van der Waals surface area (Å²) in [7, 11) is -4.62. The van der Waals surface area contributed by atoms with Crippen LogP contribution >= 0.6 is 7.82 Å². The maximum atomic E-state index is 12.6. The zero-order valence-electron chi connectivity index (χ0n) is 33.7. The Balaban J connectivity index is 4.36. The van der Waals surface area contributed by atoms with Gasteiger partial charge >= 0.3 is 19.8 Å². The molecule has 3 N–H and O–H groups in total. The zero-order chi connectivity index (χ0) is 39.1. The number of allylic oxidation sites excluding steroid dienone is 4. The van der Waals surface area contributed by atoms with E-state index in [2.05, 4.69) is 36.6 Å². The number of aliphatic hydroxyl groups is 2. The molecule has 3 atom stereocenters. The van der Waals surface area contributed by atoms with Gasteiger partial charge < -0.3 is 24.6 Å². The lowest BCUT2D eigenvalue weighted by Crippen LogP contribution is -2.29. The Hall–Kier alpha value is -1.55. The maximum absolute atomic E-state index is 12.6. The number of phosphoric ester groups is 1. The maximum Gasteiger partial charge on any atom is 0.472 e. The molecule has 1 unspecified atom stereocenters. The van der Waals surface area contributed by atoms with Crippen LogP contribution in [0.25, 0.3) is 0 Å². The second-order valence-corrected chi connectivity index (χ2v) is 15.8. The van der Waals surface area contributed by atoms with Crippen molar-refractivity contribution in [2.45, 2.75) is 206 Å². The third-order valence-electron chi connectivity index (χ3n) is 9.09. The van der Waals surface area contributed by atoms with Crippen molar-refractivity contribution in [3.05, 3.63) is 24.3 Å². The second-order valence-electron chi connectivity index (χ2n) is 14.4. The van der Waals surface area contributed by atoms with Crippen molar-refractivity contribution in [3.8, 4) is 0 Å². The molecule has 0 saturated heterocycles. The number of unbranched alkanes of at least 4 members (excludes halogenated alkanes) is 22. The van der Waals surface area contributed by atoms with Gasteiger partial charge in [0.1, 0.15) is 12.7 Å². The van der Waals surface area contributed by atoms with Crippen molar-refractivity contribution >= 4 is 19.8 Å². The van der Waals surface area contributed by atoms with Crippen molar-refractivity contribution in [3.63, 3.8) is 0 Å². The summed E-state index contributed by atoms with van der Waals surface area (Å²) in [4.78, 5) is 34.9. The Bertz CT molecular complexity index is 941. The number of hydrogen-bond acceptors (Lipinski definition) is 9. The molecule has 0 bridgehead atoms. The molecule has 10 nitrogen and oxygen atoms in total. The summed E-state index contributed by atoms with van der Waals surface area (Å²) in [5.41, 5.74) is 0. The number of carbonyl (C=O) groups excluding carboxylic acids is 2. The van der Waals surface area contributed by atoms with Gasteiger partial charge in [-0.25, -0.2) is 4.57 Å². The topological polar surface area (TPSA) is 149 Å². The average molecular weight is 775 g/mol. The molecule has 0 aliphatic rings. The summed E-state index contributed by atoms with van der Waals surface area (Å²) in [6, 6.07) is 0. The van der Waals surface area contributed by atoms with Crippen LogP contribution in [-0.4, -0.2) is 65.7 Å². The summed E-state index contributed by atoms with van der Waals surface area (Å²) in [5, 5.41) is 18.3. The van der Waals surface area contributed by atoms with E-state index >= 15 is 0 Å². The van der Waals surface area contributed by atoms with Gasteiger partial charge in [-0.15, -0.1) is 0 Å². The third kappa shape index (κ3) is 38.5. The van der Waals surface area contributed by atoms with E-state index in [-0.39, 0.29) is 19.4 Å². The molecular formula is C42H79O10P. The Labute approximate surface area is 323 Å². The predicted octanol–water partition coefficient (Wildman–Crippen LogP) is 11.0. The van der Waals surface area contributed by atoms with Crippen LogP contribution in [0.5, 0.6) is 0 Å². The monoisotopic (exact) mass is 775 g/mol. The summed E-state index contributed by atoms with van der Waals surface area (Å²) >= 11 is 0. The molecular weight excluding hydrogens is 695 g/mol. The van der Waals surface area contributed by atoms with Crippen LogP contribution in [0.2, 0.25) is 0 Å². The SMILES string of the molecule is CCCCCCCCCC/C=C/CCCCCC(=O)OC[C@H](COP(=O)(O)OC[C@@H](O)CO)OC(=O)CC/C=C/CCCCCCCCCCCCC. The Morgan fingerprint density at radius 1 is 0.547 bits per heavy atom. The fraction of sp³-hybridized carbons (Fsp3) is 0.857. The number of esters is 2. The average Bonchev–Trinajstić information content (AvgIpc) is 3.14. The van der Waals surface area contributed by atoms with Crippen LogP contribution in [0.1, 0.15) is 194 Å². The summed E-state index contributed by atoms with van der Waals surface area (Å²) < 4.78 is 32.6. The number of ether oxygens (including phenoxy) is 2. The van der Waals surface area contributed by atoms with Gasteiger partial charge in [-0.05, 0) is 51.4 Å². The zero-order valence-corrected chi connectivity index (χ0v) is 34.6. The Morgan fingerprint density at radius 3 is 1.43 bits per heavy atom. The fourth-order valence-corrected chi connectivity index (χ4v) is 6.56. The molecule has 0 aromatic carbocycles. The Kier molecular flexibility index (Phi) is 37.6. The van der Waals surface area contributed by atoms with E-state index in [1.165, 1.54) is 116 Å². The second kappa shape index (κ2) is 38.7. The Morgan fingerprint density at radius 2 is 0.962 bits per heavy atom. The van der Waals surface area contributed by atoms with Gasteiger partial charge in [0.25, 0.3) is 0 Å². The van der Waals surface area contributed by atoms with E-state index in [0.717, 1.165) is 38.5 Å². The van der Waals surface area contributed by atoms with E-state index in [4.69, 9.17) is 19.1 Å². The molecule has 11 heteroatoms. The van der Waals surface area contributed by atoms with Crippen LogP contribution in [0.4, 0.5) is 0 Å². The number of rotatable bonds is 40. The van der Waals surface area contributed by atoms with Crippen LogP contribution in [-0.2, 0) is 32.7 Å². The highest BCUT2D eigenvalue weighted by atomic mass is 31.2. The van der Waals surface area contributed by atoms with E-state index in [9.17, 15) is 24.2 Å². The standard InChI is InChI=1S/C42H79O10P/c1-3-5-7-9-11-13-15-17-19-21-23-25-27-29-31-33-41(45)49-37-40(38-51-53(47,48)50-36-39(44)35-43)52-42(46)34-32-30-28-26-24-22-20-18-16-14-12-10-8-6-4-2/h21,23,28,30,39-40,43-44H,3-20,22,24-27,29,31-38H2,1-2H3,(H,47,48)/b23-21+,30-28+/t39-,40+/m0/s1. The molecule has 0 saturated carbocycles. The van der Waals surface area contributed by atoms with Crippen molar-refractivity contribution in [1.29, 1.82) is 0 Å². The number of carbonyl (C=O) groups is 2. The third-order valence-corrected chi connectivity index (χ3v) is 10.0. The molecule has 0 aliphatic carbocycles. The highest BCUT2D eigenvalue weighted by molar-refractivity contribution is 7.47. The quantitative estimate of drug-likeness (QED) is 0.0238. The smallest absolute Gasteiger partial charge is 0.462 e. The van der Waals surface area contributed by atoms with E-state index in [0.29, 0.717) is 12.8 Å². The molecule has 0 rings (SSSR count). The molecule has 0 heterocycles. The lowest BCUT2D eigenvalue weighted by atomic mass is 10.1. The normalized spacial score (nSPS) is 14.1. The van der Waals surface area contributed by atoms with Crippen LogP contribution in [0.3, 0.4) is 0 Å². The van der Waals surface area contributed by atoms with Gasteiger partial charge in [0, 0.05) is 12.8 Å². The van der Waals surface area contributed by atoms with Crippen molar-refractivity contribution in [1.82, 2.24) is 0 Å². The number of hydrogen-bond donors (Lipinski definition) is 3. The molecule has 0 spiro atoms. The number of aliphatic hydroxyl groups excluding tert-OH is 2. The van der Waals surface area contributed by atoms with E-state index in [1.54, 1.807) is 0 Å². The first kappa shape index (κ1) is 51.5.